The lowest BCUT2D eigenvalue weighted by atomic mass is 10.0. The molecule has 1 aliphatic heterocycles. The van der Waals surface area contributed by atoms with Crippen molar-refractivity contribution in [1.29, 1.82) is 0 Å². The van der Waals surface area contributed by atoms with Gasteiger partial charge >= 0.3 is 0 Å². The minimum Gasteiger partial charge on any atom is -0.497 e. The van der Waals surface area contributed by atoms with Crippen LogP contribution >= 0.6 is 0 Å². The van der Waals surface area contributed by atoms with E-state index in [0.29, 0.717) is 5.91 Å². The molecular weight excluding hydrogens is 250 g/mol. The molecule has 3 rings (SSSR count). The number of methoxy groups -OCH3 is 1. The van der Waals surface area contributed by atoms with Gasteiger partial charge in [0.05, 0.1) is 13.2 Å². The highest BCUT2D eigenvalue weighted by Gasteiger charge is 2.34. The number of ether oxygens (including phenoxy) is 1. The Morgan fingerprint density at radius 1 is 1.20 bits per heavy atom. The lowest BCUT2D eigenvalue weighted by Crippen LogP contribution is -2.34. The predicted molar refractivity (Wildman–Crippen MR) is 78.6 cm³/mol. The molecule has 1 aliphatic carbocycles. The number of rotatable bonds is 3. The summed E-state index contributed by atoms with van der Waals surface area (Å²) in [6, 6.07) is 8.42. The average Bonchev–Trinajstić information content (AvgIpc) is 3.17. The number of hydrogen-bond acceptors (Lipinski definition) is 2. The van der Waals surface area contributed by atoms with Gasteiger partial charge in [0.1, 0.15) is 5.75 Å². The third kappa shape index (κ3) is 2.54. The fourth-order valence-electron chi connectivity index (χ4n) is 3.63. The van der Waals surface area contributed by atoms with Gasteiger partial charge < -0.3 is 9.64 Å². The third-order valence-corrected chi connectivity index (χ3v) is 4.72. The highest BCUT2D eigenvalue weighted by molar-refractivity contribution is 5.80. The van der Waals surface area contributed by atoms with E-state index in [0.717, 1.165) is 38.0 Å². The second-order valence-corrected chi connectivity index (χ2v) is 5.95. The molecule has 0 bridgehead atoms. The van der Waals surface area contributed by atoms with Crippen molar-refractivity contribution in [3.63, 3.8) is 0 Å². The Bertz CT molecular complexity index is 480. The first-order valence-corrected chi connectivity index (χ1v) is 7.74. The number of likely N-dealkylation sites (tertiary alicyclic amines) is 1. The van der Waals surface area contributed by atoms with Crippen LogP contribution in [-0.2, 0) is 4.79 Å². The van der Waals surface area contributed by atoms with Crippen LogP contribution in [-0.4, -0.2) is 24.5 Å². The molecule has 0 radical (unpaired) electrons. The molecule has 1 atom stereocenters. The van der Waals surface area contributed by atoms with Crippen LogP contribution in [0, 0.1) is 5.92 Å². The van der Waals surface area contributed by atoms with E-state index in [4.69, 9.17) is 4.74 Å². The Labute approximate surface area is 120 Å². The van der Waals surface area contributed by atoms with Crippen molar-refractivity contribution in [1.82, 2.24) is 4.90 Å². The minimum atomic E-state index is 0.248. The number of benzene rings is 1. The van der Waals surface area contributed by atoms with Crippen LogP contribution < -0.4 is 4.74 Å². The van der Waals surface area contributed by atoms with Crippen molar-refractivity contribution in [3.05, 3.63) is 29.8 Å². The van der Waals surface area contributed by atoms with Gasteiger partial charge in [-0.05, 0) is 43.4 Å². The van der Waals surface area contributed by atoms with Crippen LogP contribution in [0.5, 0.6) is 5.75 Å². The Morgan fingerprint density at radius 3 is 2.75 bits per heavy atom. The molecule has 2 fully saturated rings. The number of nitrogens with zero attached hydrogens (tertiary/aromatic N) is 1. The summed E-state index contributed by atoms with van der Waals surface area (Å²) in [7, 11) is 1.69. The van der Waals surface area contributed by atoms with E-state index in [1.807, 2.05) is 12.1 Å². The summed E-state index contributed by atoms with van der Waals surface area (Å²) in [6.45, 7) is 0.914. The molecule has 3 nitrogen and oxygen atoms in total. The van der Waals surface area contributed by atoms with Gasteiger partial charge in [0.15, 0.2) is 0 Å². The van der Waals surface area contributed by atoms with E-state index in [-0.39, 0.29) is 12.0 Å². The third-order valence-electron chi connectivity index (χ3n) is 4.72. The first-order chi connectivity index (χ1) is 9.79. The van der Waals surface area contributed by atoms with E-state index in [2.05, 4.69) is 17.0 Å². The zero-order chi connectivity index (χ0) is 13.9. The molecule has 108 valence electrons. The molecule has 1 unspecified atom stereocenters. The van der Waals surface area contributed by atoms with E-state index in [1.54, 1.807) is 7.11 Å². The predicted octanol–water partition coefficient (Wildman–Crippen LogP) is 3.55. The van der Waals surface area contributed by atoms with Crippen LogP contribution in [0.4, 0.5) is 0 Å². The van der Waals surface area contributed by atoms with Gasteiger partial charge in [-0.25, -0.2) is 0 Å². The molecule has 0 aromatic heterocycles. The van der Waals surface area contributed by atoms with Gasteiger partial charge in [-0.2, -0.15) is 0 Å². The molecule has 0 N–H and O–H groups in total. The zero-order valence-electron chi connectivity index (χ0n) is 12.2. The average molecular weight is 273 g/mol. The van der Waals surface area contributed by atoms with Crippen molar-refractivity contribution in [2.75, 3.05) is 13.7 Å². The van der Waals surface area contributed by atoms with Crippen molar-refractivity contribution in [2.45, 2.75) is 44.6 Å². The molecule has 1 heterocycles. The standard InChI is InChI=1S/C17H23NO2/c1-20-15-9-4-8-14(12-15)16-10-5-11-18(16)17(19)13-6-2-3-7-13/h4,8-9,12-13,16H,2-3,5-7,10-11H2,1H3. The van der Waals surface area contributed by atoms with Gasteiger partial charge in [-0.15, -0.1) is 0 Å². The summed E-state index contributed by atoms with van der Waals surface area (Å²) in [5, 5.41) is 0. The van der Waals surface area contributed by atoms with Crippen LogP contribution in [0.25, 0.3) is 0 Å². The van der Waals surface area contributed by atoms with Gasteiger partial charge in [0.2, 0.25) is 5.91 Å². The minimum absolute atomic E-state index is 0.248. The Balaban J connectivity index is 1.79. The van der Waals surface area contributed by atoms with Gasteiger partial charge in [-0.1, -0.05) is 25.0 Å². The molecule has 1 aromatic carbocycles. The van der Waals surface area contributed by atoms with Gasteiger partial charge in [0, 0.05) is 12.5 Å². The normalized spacial score (nSPS) is 23.2. The van der Waals surface area contributed by atoms with E-state index < -0.39 is 0 Å². The Morgan fingerprint density at radius 2 is 2.00 bits per heavy atom. The van der Waals surface area contributed by atoms with Gasteiger partial charge in [-0.3, -0.25) is 4.79 Å². The summed E-state index contributed by atoms with van der Waals surface area (Å²) in [6.07, 6.45) is 6.79. The SMILES string of the molecule is COc1cccc(C2CCCN2C(=O)C2CCCC2)c1. The van der Waals surface area contributed by atoms with Crippen molar-refractivity contribution in [3.8, 4) is 5.75 Å². The first kappa shape index (κ1) is 13.5. The Hall–Kier alpha value is -1.51. The molecule has 2 aliphatic rings. The fourth-order valence-corrected chi connectivity index (χ4v) is 3.63. The summed E-state index contributed by atoms with van der Waals surface area (Å²) in [4.78, 5) is 14.8. The highest BCUT2D eigenvalue weighted by atomic mass is 16.5. The molecule has 1 saturated heterocycles. The smallest absolute Gasteiger partial charge is 0.226 e. The lowest BCUT2D eigenvalue weighted by molar-refractivity contribution is -0.136. The van der Waals surface area contributed by atoms with Crippen molar-refractivity contribution >= 4 is 5.91 Å². The summed E-state index contributed by atoms with van der Waals surface area (Å²) < 4.78 is 5.31. The molecule has 1 amide bonds. The van der Waals surface area contributed by atoms with Crippen LogP contribution in [0.2, 0.25) is 0 Å². The number of carbonyl (C=O) groups excluding carboxylic acids is 1. The number of amides is 1. The second kappa shape index (κ2) is 5.86. The number of hydrogen-bond donors (Lipinski definition) is 0. The number of carbonyl (C=O) groups is 1. The van der Waals surface area contributed by atoms with Gasteiger partial charge in [0.25, 0.3) is 0 Å². The molecule has 1 aromatic rings. The van der Waals surface area contributed by atoms with Crippen LogP contribution in [0.15, 0.2) is 24.3 Å². The van der Waals surface area contributed by atoms with Crippen molar-refractivity contribution < 1.29 is 9.53 Å². The summed E-state index contributed by atoms with van der Waals surface area (Å²) >= 11 is 0. The monoisotopic (exact) mass is 273 g/mol. The second-order valence-electron chi connectivity index (χ2n) is 5.95. The maximum absolute atomic E-state index is 12.7. The zero-order valence-corrected chi connectivity index (χ0v) is 12.2. The molecule has 3 heteroatoms. The van der Waals surface area contributed by atoms with E-state index in [9.17, 15) is 4.79 Å². The Kier molecular flexibility index (Phi) is 3.95. The highest BCUT2D eigenvalue weighted by Crippen LogP contribution is 2.37. The van der Waals surface area contributed by atoms with Crippen LogP contribution in [0.3, 0.4) is 0 Å². The maximum atomic E-state index is 12.7. The topological polar surface area (TPSA) is 29.5 Å². The first-order valence-electron chi connectivity index (χ1n) is 7.74. The fraction of sp³-hybridized carbons (Fsp3) is 0.588. The lowest BCUT2D eigenvalue weighted by Gasteiger charge is -2.28. The molecule has 0 spiro atoms. The molecule has 20 heavy (non-hydrogen) atoms. The molecular formula is C17H23NO2. The molecule has 1 saturated carbocycles. The van der Waals surface area contributed by atoms with E-state index in [1.165, 1.54) is 18.4 Å². The van der Waals surface area contributed by atoms with Crippen molar-refractivity contribution in [2.24, 2.45) is 5.92 Å². The summed E-state index contributed by atoms with van der Waals surface area (Å²) in [5.74, 6) is 1.54. The van der Waals surface area contributed by atoms with Crippen LogP contribution in [0.1, 0.15) is 50.1 Å². The maximum Gasteiger partial charge on any atom is 0.226 e. The quantitative estimate of drug-likeness (QED) is 0.843. The largest absolute Gasteiger partial charge is 0.497 e. The van der Waals surface area contributed by atoms with E-state index >= 15 is 0 Å². The summed E-state index contributed by atoms with van der Waals surface area (Å²) in [5.41, 5.74) is 1.22.